The summed E-state index contributed by atoms with van der Waals surface area (Å²) in [6.45, 7) is 0. The zero-order chi connectivity index (χ0) is 14.2. The van der Waals surface area contributed by atoms with Crippen LogP contribution < -0.4 is 4.72 Å². The smallest absolute Gasteiger partial charge is 0.267 e. The fraction of sp³-hybridized carbons (Fsp3) is 0.364. The summed E-state index contributed by atoms with van der Waals surface area (Å²) >= 11 is 6.39. The Labute approximate surface area is 127 Å². The van der Waals surface area contributed by atoms with Gasteiger partial charge in [-0.15, -0.1) is 0 Å². The Morgan fingerprint density at radius 1 is 1.42 bits per heavy atom. The lowest BCUT2D eigenvalue weighted by molar-refractivity contribution is 0.0977. The summed E-state index contributed by atoms with van der Waals surface area (Å²) < 4.78 is 39.4. The number of carbonyl (C=O) groups is 1. The molecule has 4 nitrogen and oxygen atoms in total. The molecule has 0 unspecified atom stereocenters. The number of nitrogens with one attached hydrogen (secondary N) is 1. The van der Waals surface area contributed by atoms with Gasteiger partial charge in [0.2, 0.25) is 10.0 Å². The van der Waals surface area contributed by atoms with Crippen molar-refractivity contribution >= 4 is 47.8 Å². The van der Waals surface area contributed by atoms with Crippen LogP contribution >= 0.6 is 31.9 Å². The van der Waals surface area contributed by atoms with E-state index in [4.69, 9.17) is 0 Å². The minimum absolute atomic E-state index is 0.291. The Kier molecular flexibility index (Phi) is 4.32. The van der Waals surface area contributed by atoms with Crippen molar-refractivity contribution in [1.29, 1.82) is 0 Å². The molecule has 1 saturated carbocycles. The highest BCUT2D eigenvalue weighted by molar-refractivity contribution is 9.10. The van der Waals surface area contributed by atoms with Crippen LogP contribution in [0, 0.1) is 5.82 Å². The second kappa shape index (κ2) is 5.49. The van der Waals surface area contributed by atoms with Crippen molar-refractivity contribution in [3.63, 3.8) is 0 Å². The second-order valence-electron chi connectivity index (χ2n) is 4.23. The molecule has 0 bridgehead atoms. The first-order valence-electron chi connectivity index (χ1n) is 5.45. The normalized spacial score (nSPS) is 15.3. The molecule has 2 rings (SSSR count). The van der Waals surface area contributed by atoms with Gasteiger partial charge < -0.3 is 0 Å². The van der Waals surface area contributed by atoms with E-state index in [1.807, 2.05) is 4.72 Å². The Morgan fingerprint density at radius 2 is 2.05 bits per heavy atom. The summed E-state index contributed by atoms with van der Waals surface area (Å²) in [5.74, 6) is -1.69. The summed E-state index contributed by atoms with van der Waals surface area (Å²) in [5, 5.41) is -0.1000. The fourth-order valence-electron chi connectivity index (χ4n) is 1.51. The zero-order valence-corrected chi connectivity index (χ0v) is 13.6. The van der Waals surface area contributed by atoms with Gasteiger partial charge in [0.05, 0.1) is 10.8 Å². The van der Waals surface area contributed by atoms with Crippen LogP contribution in [0.25, 0.3) is 0 Å². The summed E-state index contributed by atoms with van der Waals surface area (Å²) in [7, 11) is -3.67. The maximum absolute atomic E-state index is 13.8. The topological polar surface area (TPSA) is 63.2 Å². The Hall–Kier alpha value is -0.470. The number of hydrogen-bond donors (Lipinski definition) is 1. The standard InChI is InChI=1S/C11H10Br2FNO3S/c12-5-6-3-10(14)8(4-9(6)13)11(16)15-19(17,18)7-1-2-7/h3-4,7H,1-2,5H2,(H,15,16). The van der Waals surface area contributed by atoms with E-state index in [0.717, 1.165) is 0 Å². The van der Waals surface area contributed by atoms with E-state index in [1.165, 1.54) is 12.1 Å². The molecule has 1 aliphatic carbocycles. The number of amides is 1. The SMILES string of the molecule is O=C(NS(=O)(=O)C1CC1)c1cc(Br)c(CBr)cc1F. The average Bonchev–Trinajstić information content (AvgIpc) is 3.15. The zero-order valence-electron chi connectivity index (χ0n) is 9.62. The molecule has 19 heavy (non-hydrogen) atoms. The third kappa shape index (κ3) is 3.35. The molecule has 0 aromatic heterocycles. The predicted octanol–water partition coefficient (Wildman–Crippen LogP) is 2.71. The van der Waals surface area contributed by atoms with Crippen LogP contribution in [0.1, 0.15) is 28.8 Å². The van der Waals surface area contributed by atoms with Crippen LogP contribution in [-0.2, 0) is 15.4 Å². The monoisotopic (exact) mass is 413 g/mol. The van der Waals surface area contributed by atoms with E-state index < -0.39 is 27.0 Å². The molecule has 0 spiro atoms. The highest BCUT2D eigenvalue weighted by Gasteiger charge is 2.37. The average molecular weight is 415 g/mol. The van der Waals surface area contributed by atoms with Gasteiger partial charge >= 0.3 is 0 Å². The molecule has 1 N–H and O–H groups in total. The van der Waals surface area contributed by atoms with Crippen LogP contribution in [0.4, 0.5) is 4.39 Å². The molecule has 1 aromatic rings. The molecular weight excluding hydrogens is 405 g/mol. The maximum Gasteiger partial charge on any atom is 0.267 e. The number of hydrogen-bond acceptors (Lipinski definition) is 3. The van der Waals surface area contributed by atoms with Crippen molar-refractivity contribution in [2.24, 2.45) is 0 Å². The van der Waals surface area contributed by atoms with Gasteiger partial charge in [-0.3, -0.25) is 4.79 Å². The first-order chi connectivity index (χ1) is 8.85. The molecule has 1 fully saturated rings. The van der Waals surface area contributed by atoms with Gasteiger partial charge in [-0.05, 0) is 30.5 Å². The highest BCUT2D eigenvalue weighted by Crippen LogP contribution is 2.28. The van der Waals surface area contributed by atoms with Crippen molar-refractivity contribution in [2.45, 2.75) is 23.4 Å². The van der Waals surface area contributed by atoms with Crippen molar-refractivity contribution in [1.82, 2.24) is 4.72 Å². The molecule has 8 heteroatoms. The van der Waals surface area contributed by atoms with Gasteiger partial charge in [-0.25, -0.2) is 17.5 Å². The van der Waals surface area contributed by atoms with Gasteiger partial charge in [0, 0.05) is 9.80 Å². The molecule has 1 aromatic carbocycles. The van der Waals surface area contributed by atoms with Gasteiger partial charge in [-0.2, -0.15) is 0 Å². The van der Waals surface area contributed by atoms with Crippen molar-refractivity contribution < 1.29 is 17.6 Å². The van der Waals surface area contributed by atoms with E-state index in [1.54, 1.807) is 0 Å². The number of alkyl halides is 1. The fourth-order valence-corrected chi connectivity index (χ4v) is 4.13. The number of carbonyl (C=O) groups excluding carboxylic acids is 1. The number of halogens is 3. The van der Waals surface area contributed by atoms with Crippen molar-refractivity contribution in [2.75, 3.05) is 0 Å². The van der Waals surface area contributed by atoms with Gasteiger partial charge in [-0.1, -0.05) is 31.9 Å². The van der Waals surface area contributed by atoms with Crippen LogP contribution in [0.2, 0.25) is 0 Å². The first kappa shape index (κ1) is 14.9. The van der Waals surface area contributed by atoms with E-state index in [0.29, 0.717) is 28.2 Å². The van der Waals surface area contributed by atoms with E-state index in [2.05, 4.69) is 31.9 Å². The van der Waals surface area contributed by atoms with Crippen molar-refractivity contribution in [3.8, 4) is 0 Å². The number of rotatable bonds is 4. The Balaban J connectivity index is 2.26. The quantitative estimate of drug-likeness (QED) is 0.770. The largest absolute Gasteiger partial charge is 0.268 e. The van der Waals surface area contributed by atoms with Crippen molar-refractivity contribution in [3.05, 3.63) is 33.5 Å². The molecule has 0 radical (unpaired) electrons. The van der Waals surface area contributed by atoms with E-state index >= 15 is 0 Å². The highest BCUT2D eigenvalue weighted by atomic mass is 79.9. The molecule has 0 saturated heterocycles. The summed E-state index contributed by atoms with van der Waals surface area (Å²) in [5.41, 5.74) is 0.347. The Bertz CT molecular complexity index is 629. The molecule has 104 valence electrons. The van der Waals surface area contributed by atoms with Crippen LogP contribution in [0.15, 0.2) is 16.6 Å². The van der Waals surface area contributed by atoms with Crippen LogP contribution in [0.5, 0.6) is 0 Å². The lowest BCUT2D eigenvalue weighted by atomic mass is 10.1. The van der Waals surface area contributed by atoms with Gasteiger partial charge in [0.1, 0.15) is 5.82 Å². The predicted molar refractivity (Wildman–Crippen MR) is 76.1 cm³/mol. The molecule has 1 amide bonds. The van der Waals surface area contributed by atoms with Gasteiger partial charge in [0.25, 0.3) is 5.91 Å². The minimum atomic E-state index is -3.67. The third-order valence-corrected chi connectivity index (χ3v) is 5.88. The summed E-state index contributed by atoms with van der Waals surface area (Å²) in [4.78, 5) is 11.8. The molecular formula is C11H10Br2FNO3S. The molecule has 0 heterocycles. The third-order valence-electron chi connectivity index (χ3n) is 2.72. The number of benzene rings is 1. The van der Waals surface area contributed by atoms with Gasteiger partial charge in [0.15, 0.2) is 0 Å². The number of sulfonamides is 1. The molecule has 1 aliphatic rings. The molecule has 0 aliphatic heterocycles. The summed E-state index contributed by atoms with van der Waals surface area (Å²) in [6.07, 6.45) is 1.08. The van der Waals surface area contributed by atoms with E-state index in [9.17, 15) is 17.6 Å². The lowest BCUT2D eigenvalue weighted by Gasteiger charge is -2.08. The lowest BCUT2D eigenvalue weighted by Crippen LogP contribution is -2.33. The first-order valence-corrected chi connectivity index (χ1v) is 8.91. The van der Waals surface area contributed by atoms with Crippen LogP contribution in [-0.4, -0.2) is 19.6 Å². The second-order valence-corrected chi connectivity index (χ2v) is 7.61. The minimum Gasteiger partial charge on any atom is -0.268 e. The molecule has 0 atom stereocenters. The Morgan fingerprint density at radius 3 is 2.58 bits per heavy atom. The van der Waals surface area contributed by atoms with E-state index in [-0.39, 0.29) is 5.56 Å². The summed E-state index contributed by atoms with van der Waals surface area (Å²) in [6, 6.07) is 2.47. The van der Waals surface area contributed by atoms with Crippen LogP contribution in [0.3, 0.4) is 0 Å². The maximum atomic E-state index is 13.8.